The molecule has 1 rings (SSSR count). The van der Waals surface area contributed by atoms with Gasteiger partial charge in [0.15, 0.2) is 0 Å². The number of thioether (sulfide) groups is 1. The second kappa shape index (κ2) is 5.11. The number of rotatable bonds is 3. The first-order valence-corrected chi connectivity index (χ1v) is 5.39. The molecule has 1 heterocycles. The normalized spacial score (nSPS) is 21.2. The summed E-state index contributed by atoms with van der Waals surface area (Å²) in [6.07, 6.45) is 2.03. The van der Waals surface area contributed by atoms with E-state index in [0.29, 0.717) is 0 Å². The average molecular weight is 202 g/mol. The molecule has 0 aromatic heterocycles. The van der Waals surface area contributed by atoms with Crippen molar-refractivity contribution < 1.29 is 9.59 Å². The summed E-state index contributed by atoms with van der Waals surface area (Å²) in [5, 5.41) is 5.11. The van der Waals surface area contributed by atoms with Gasteiger partial charge >= 0.3 is 0 Å². The predicted molar refractivity (Wildman–Crippen MR) is 52.6 cm³/mol. The third-order valence-electron chi connectivity index (χ3n) is 1.92. The molecule has 2 N–H and O–H groups in total. The highest BCUT2D eigenvalue weighted by Gasteiger charge is 2.23. The molecule has 74 valence electrons. The Kier molecular flexibility index (Phi) is 4.08. The van der Waals surface area contributed by atoms with Gasteiger partial charge in [-0.2, -0.15) is 0 Å². The van der Waals surface area contributed by atoms with Crippen LogP contribution >= 0.6 is 11.8 Å². The summed E-state index contributed by atoms with van der Waals surface area (Å²) in [5.41, 5.74) is 0. The van der Waals surface area contributed by atoms with Crippen LogP contribution in [0.25, 0.3) is 0 Å². The van der Waals surface area contributed by atoms with Gasteiger partial charge in [-0.15, -0.1) is 11.8 Å². The largest absolute Gasteiger partial charge is 0.358 e. The molecule has 1 aliphatic heterocycles. The van der Waals surface area contributed by atoms with Gasteiger partial charge in [0.05, 0.1) is 11.8 Å². The molecule has 1 aliphatic rings. The summed E-state index contributed by atoms with van der Waals surface area (Å²) in [6, 6.07) is 0. The molecule has 1 fully saturated rings. The zero-order chi connectivity index (χ0) is 9.68. The Bertz CT molecular complexity index is 202. The molecule has 0 aromatic carbocycles. The van der Waals surface area contributed by atoms with E-state index in [4.69, 9.17) is 0 Å². The van der Waals surface area contributed by atoms with Crippen LogP contribution in [0, 0.1) is 0 Å². The van der Waals surface area contributed by atoms with Crippen LogP contribution in [0.1, 0.15) is 12.8 Å². The van der Waals surface area contributed by atoms with Gasteiger partial charge in [-0.3, -0.25) is 9.59 Å². The summed E-state index contributed by atoms with van der Waals surface area (Å²) < 4.78 is 0. The quantitative estimate of drug-likeness (QED) is 0.663. The fraction of sp³-hybridized carbons (Fsp3) is 0.750. The van der Waals surface area contributed by atoms with Crippen molar-refractivity contribution in [2.45, 2.75) is 18.1 Å². The van der Waals surface area contributed by atoms with Crippen LogP contribution in [0.15, 0.2) is 0 Å². The van der Waals surface area contributed by atoms with Crippen LogP contribution in [-0.4, -0.2) is 36.4 Å². The minimum atomic E-state index is -0.156. The monoisotopic (exact) mass is 202 g/mol. The Morgan fingerprint density at radius 1 is 1.54 bits per heavy atom. The van der Waals surface area contributed by atoms with Crippen LogP contribution < -0.4 is 10.6 Å². The van der Waals surface area contributed by atoms with E-state index in [2.05, 4.69) is 10.6 Å². The molecular formula is C8H14N2O2S. The summed E-state index contributed by atoms with van der Waals surface area (Å²) in [6.45, 7) is 0.0897. The number of carbonyl (C=O) groups is 2. The minimum Gasteiger partial charge on any atom is -0.358 e. The van der Waals surface area contributed by atoms with E-state index in [9.17, 15) is 9.59 Å². The Morgan fingerprint density at radius 2 is 2.31 bits per heavy atom. The number of carbonyl (C=O) groups excluding carboxylic acids is 2. The van der Waals surface area contributed by atoms with Crippen LogP contribution in [-0.2, 0) is 9.59 Å². The second-order valence-corrected chi connectivity index (χ2v) is 4.20. The van der Waals surface area contributed by atoms with Crippen LogP contribution in [0.4, 0.5) is 0 Å². The van der Waals surface area contributed by atoms with Gasteiger partial charge < -0.3 is 10.6 Å². The Balaban J connectivity index is 2.20. The first-order chi connectivity index (χ1) is 6.24. The topological polar surface area (TPSA) is 58.2 Å². The molecule has 0 spiro atoms. The molecule has 0 aliphatic carbocycles. The fourth-order valence-corrected chi connectivity index (χ4v) is 2.34. The highest BCUT2D eigenvalue weighted by Crippen LogP contribution is 2.25. The smallest absolute Gasteiger partial charge is 0.239 e. The first-order valence-electron chi connectivity index (χ1n) is 4.34. The molecule has 1 atom stereocenters. The van der Waals surface area contributed by atoms with E-state index in [1.54, 1.807) is 18.8 Å². The zero-order valence-corrected chi connectivity index (χ0v) is 8.45. The van der Waals surface area contributed by atoms with E-state index < -0.39 is 0 Å². The molecule has 0 saturated carbocycles. The van der Waals surface area contributed by atoms with Crippen LogP contribution in [0.2, 0.25) is 0 Å². The molecule has 4 nitrogen and oxygen atoms in total. The van der Waals surface area contributed by atoms with Crippen molar-refractivity contribution in [3.05, 3.63) is 0 Å². The summed E-state index contributed by atoms with van der Waals surface area (Å²) >= 11 is 1.67. The Morgan fingerprint density at radius 3 is 2.85 bits per heavy atom. The molecular weight excluding hydrogens is 188 g/mol. The molecule has 5 heteroatoms. The lowest BCUT2D eigenvalue weighted by molar-refractivity contribution is -0.125. The third kappa shape index (κ3) is 3.26. The number of nitrogens with one attached hydrogen (secondary N) is 2. The van der Waals surface area contributed by atoms with Gasteiger partial charge in [0.1, 0.15) is 0 Å². The van der Waals surface area contributed by atoms with E-state index in [1.807, 2.05) is 0 Å². The van der Waals surface area contributed by atoms with Crippen molar-refractivity contribution in [2.24, 2.45) is 0 Å². The number of hydrogen-bond donors (Lipinski definition) is 2. The van der Waals surface area contributed by atoms with E-state index in [-0.39, 0.29) is 23.6 Å². The lowest BCUT2D eigenvalue weighted by Gasteiger charge is -2.08. The van der Waals surface area contributed by atoms with Gasteiger partial charge in [-0.05, 0) is 18.6 Å². The zero-order valence-electron chi connectivity index (χ0n) is 7.63. The van der Waals surface area contributed by atoms with Crippen molar-refractivity contribution in [2.75, 3.05) is 19.3 Å². The molecule has 0 radical (unpaired) electrons. The number of hydrogen-bond acceptors (Lipinski definition) is 3. The highest BCUT2D eigenvalue weighted by molar-refractivity contribution is 8.00. The van der Waals surface area contributed by atoms with Gasteiger partial charge in [0.2, 0.25) is 11.8 Å². The third-order valence-corrected chi connectivity index (χ3v) is 3.30. The van der Waals surface area contributed by atoms with Gasteiger partial charge in [-0.25, -0.2) is 0 Å². The van der Waals surface area contributed by atoms with E-state index >= 15 is 0 Å². The highest BCUT2D eigenvalue weighted by atomic mass is 32.2. The number of likely N-dealkylation sites (N-methyl/N-ethyl adjacent to an activating group) is 1. The summed E-state index contributed by atoms with van der Waals surface area (Å²) in [5.74, 6) is 0.889. The average Bonchev–Trinajstić information content (AvgIpc) is 2.66. The van der Waals surface area contributed by atoms with E-state index in [1.165, 1.54) is 0 Å². The number of amides is 2. The van der Waals surface area contributed by atoms with E-state index in [0.717, 1.165) is 18.6 Å². The van der Waals surface area contributed by atoms with Crippen molar-refractivity contribution in [3.63, 3.8) is 0 Å². The lowest BCUT2D eigenvalue weighted by Crippen LogP contribution is -2.38. The fourth-order valence-electron chi connectivity index (χ4n) is 1.15. The van der Waals surface area contributed by atoms with Crippen molar-refractivity contribution in [1.82, 2.24) is 10.6 Å². The molecule has 0 aromatic rings. The van der Waals surface area contributed by atoms with Gasteiger partial charge in [-0.1, -0.05) is 0 Å². The predicted octanol–water partition coefficient (Wildman–Crippen LogP) is -0.256. The minimum absolute atomic E-state index is 0.00824. The summed E-state index contributed by atoms with van der Waals surface area (Å²) in [7, 11) is 1.55. The van der Waals surface area contributed by atoms with Gasteiger partial charge in [0.25, 0.3) is 0 Å². The standard InChI is InChI=1S/C8H14N2O2S/c1-9-7(11)5-10-8(12)6-3-2-4-13-6/h6H,2-5H2,1H3,(H,9,11)(H,10,12). The van der Waals surface area contributed by atoms with Gasteiger partial charge in [0, 0.05) is 7.05 Å². The Labute approximate surface area is 81.8 Å². The maximum atomic E-state index is 11.4. The molecule has 1 unspecified atom stereocenters. The van der Waals surface area contributed by atoms with Crippen molar-refractivity contribution >= 4 is 23.6 Å². The lowest BCUT2D eigenvalue weighted by atomic mass is 10.2. The molecule has 0 bridgehead atoms. The molecule has 13 heavy (non-hydrogen) atoms. The molecule has 2 amide bonds. The first kappa shape index (κ1) is 10.4. The molecule has 1 saturated heterocycles. The Hall–Kier alpha value is -0.710. The SMILES string of the molecule is CNC(=O)CNC(=O)C1CCCS1. The van der Waals surface area contributed by atoms with Crippen LogP contribution in [0.3, 0.4) is 0 Å². The maximum absolute atomic E-state index is 11.4. The van der Waals surface area contributed by atoms with Crippen molar-refractivity contribution in [3.8, 4) is 0 Å². The maximum Gasteiger partial charge on any atom is 0.239 e. The van der Waals surface area contributed by atoms with Crippen molar-refractivity contribution in [1.29, 1.82) is 0 Å². The summed E-state index contributed by atoms with van der Waals surface area (Å²) in [4.78, 5) is 22.2. The van der Waals surface area contributed by atoms with Crippen LogP contribution in [0.5, 0.6) is 0 Å². The second-order valence-electron chi connectivity index (χ2n) is 2.89.